The van der Waals surface area contributed by atoms with Crippen LogP contribution in [-0.4, -0.2) is 42.0 Å². The van der Waals surface area contributed by atoms with E-state index in [1.807, 2.05) is 11.8 Å². The van der Waals surface area contributed by atoms with Crippen molar-refractivity contribution in [2.75, 3.05) is 25.5 Å². The molecule has 0 saturated carbocycles. The van der Waals surface area contributed by atoms with Crippen molar-refractivity contribution >= 4 is 17.9 Å². The molecule has 1 rings (SSSR count). The molecule has 1 aliphatic rings. The second-order valence-corrected chi connectivity index (χ2v) is 4.28. The van der Waals surface area contributed by atoms with Gasteiger partial charge in [-0.2, -0.15) is 11.8 Å². The Bertz CT molecular complexity index is 159. The summed E-state index contributed by atoms with van der Waals surface area (Å²) in [5, 5.41) is 11.6. The molecule has 0 bridgehead atoms. The predicted octanol–water partition coefficient (Wildman–Crippen LogP) is 0.600. The lowest BCUT2D eigenvalue weighted by atomic mass is 10.2. The molecule has 4 nitrogen and oxygen atoms in total. The van der Waals surface area contributed by atoms with Crippen molar-refractivity contribution in [3.63, 3.8) is 0 Å². The first-order chi connectivity index (χ1) is 6.33. The van der Waals surface area contributed by atoms with Gasteiger partial charge in [0.1, 0.15) is 6.61 Å². The Labute approximate surface area is 82.0 Å². The summed E-state index contributed by atoms with van der Waals surface area (Å²) in [6, 6.07) is 0. The monoisotopic (exact) mass is 205 g/mol. The van der Waals surface area contributed by atoms with Gasteiger partial charge in [-0.15, -0.1) is 0 Å². The van der Waals surface area contributed by atoms with Gasteiger partial charge in [0, 0.05) is 11.8 Å². The molecule has 1 unspecified atom stereocenters. The van der Waals surface area contributed by atoms with Crippen LogP contribution in [0, 0.1) is 0 Å². The fourth-order valence-corrected chi connectivity index (χ4v) is 2.39. The number of hydrogen-bond acceptors (Lipinski definition) is 4. The molecule has 2 N–H and O–H groups in total. The van der Waals surface area contributed by atoms with E-state index in [-0.39, 0.29) is 13.2 Å². The van der Waals surface area contributed by atoms with Crippen molar-refractivity contribution in [3.8, 4) is 0 Å². The van der Waals surface area contributed by atoms with E-state index in [0.29, 0.717) is 11.8 Å². The fourth-order valence-electron chi connectivity index (χ4n) is 1.19. The maximum Gasteiger partial charge on any atom is 0.407 e. The van der Waals surface area contributed by atoms with Crippen LogP contribution in [0.3, 0.4) is 0 Å². The average Bonchev–Trinajstić information content (AvgIpc) is 2.64. The van der Waals surface area contributed by atoms with Crippen LogP contribution in [0.15, 0.2) is 0 Å². The molecule has 0 aromatic heterocycles. The van der Waals surface area contributed by atoms with E-state index < -0.39 is 6.09 Å². The molecular weight excluding hydrogens is 190 g/mol. The number of aliphatic hydroxyl groups excluding tert-OH is 1. The van der Waals surface area contributed by atoms with Crippen molar-refractivity contribution in [2.45, 2.75) is 18.1 Å². The van der Waals surface area contributed by atoms with Crippen LogP contribution in [0.1, 0.15) is 12.8 Å². The number of amides is 1. The molecule has 1 atom stereocenters. The molecule has 1 amide bonds. The summed E-state index contributed by atoms with van der Waals surface area (Å²) in [6.07, 6.45) is 1.98. The van der Waals surface area contributed by atoms with Crippen LogP contribution in [0.4, 0.5) is 4.79 Å². The van der Waals surface area contributed by atoms with E-state index in [1.165, 1.54) is 18.6 Å². The summed E-state index contributed by atoms with van der Waals surface area (Å²) in [7, 11) is 0. The van der Waals surface area contributed by atoms with Crippen LogP contribution in [0.5, 0.6) is 0 Å². The van der Waals surface area contributed by atoms with Crippen molar-refractivity contribution in [3.05, 3.63) is 0 Å². The van der Waals surface area contributed by atoms with E-state index in [2.05, 4.69) is 10.1 Å². The Morgan fingerprint density at radius 2 is 2.54 bits per heavy atom. The summed E-state index contributed by atoms with van der Waals surface area (Å²) in [4.78, 5) is 10.9. The SMILES string of the molecule is O=C(NCC1CCCS1)OCCO. The van der Waals surface area contributed by atoms with Gasteiger partial charge < -0.3 is 15.2 Å². The van der Waals surface area contributed by atoms with E-state index in [0.717, 1.165) is 0 Å². The normalized spacial score (nSPS) is 21.5. The standard InChI is InChI=1S/C8H15NO3S/c10-3-4-12-8(11)9-6-7-2-1-5-13-7/h7,10H,1-6H2,(H,9,11). The van der Waals surface area contributed by atoms with Gasteiger partial charge >= 0.3 is 6.09 Å². The molecule has 0 spiro atoms. The number of ether oxygens (including phenoxy) is 1. The third-order valence-corrected chi connectivity index (χ3v) is 3.22. The lowest BCUT2D eigenvalue weighted by Gasteiger charge is -2.09. The maximum atomic E-state index is 10.9. The summed E-state index contributed by atoms with van der Waals surface area (Å²) < 4.78 is 4.64. The molecule has 1 aliphatic heterocycles. The molecule has 76 valence electrons. The molecule has 1 saturated heterocycles. The first-order valence-corrected chi connectivity index (χ1v) is 5.51. The van der Waals surface area contributed by atoms with Crippen LogP contribution in [0.25, 0.3) is 0 Å². The fraction of sp³-hybridized carbons (Fsp3) is 0.875. The molecule has 1 fully saturated rings. The van der Waals surface area contributed by atoms with E-state index >= 15 is 0 Å². The van der Waals surface area contributed by atoms with E-state index in [4.69, 9.17) is 5.11 Å². The van der Waals surface area contributed by atoms with Crippen molar-refractivity contribution in [1.82, 2.24) is 5.32 Å². The number of aliphatic hydroxyl groups is 1. The largest absolute Gasteiger partial charge is 0.447 e. The maximum absolute atomic E-state index is 10.9. The first-order valence-electron chi connectivity index (χ1n) is 4.46. The van der Waals surface area contributed by atoms with Crippen LogP contribution < -0.4 is 5.32 Å². The number of carbonyl (C=O) groups is 1. The Balaban J connectivity index is 2.00. The molecule has 0 aromatic rings. The number of thioether (sulfide) groups is 1. The van der Waals surface area contributed by atoms with Gasteiger partial charge in [-0.05, 0) is 18.6 Å². The van der Waals surface area contributed by atoms with Gasteiger partial charge in [-0.25, -0.2) is 4.79 Å². The predicted molar refractivity (Wildman–Crippen MR) is 51.9 cm³/mol. The highest BCUT2D eigenvalue weighted by atomic mass is 32.2. The molecule has 0 radical (unpaired) electrons. The molecule has 5 heteroatoms. The number of nitrogens with one attached hydrogen (secondary N) is 1. The van der Waals surface area contributed by atoms with Crippen LogP contribution >= 0.6 is 11.8 Å². The minimum Gasteiger partial charge on any atom is -0.447 e. The zero-order valence-corrected chi connectivity index (χ0v) is 8.31. The highest BCUT2D eigenvalue weighted by molar-refractivity contribution is 8.00. The lowest BCUT2D eigenvalue weighted by Crippen LogP contribution is -2.30. The summed E-state index contributed by atoms with van der Waals surface area (Å²) in [5.41, 5.74) is 0. The Morgan fingerprint density at radius 3 is 3.15 bits per heavy atom. The Kier molecular flexibility index (Phi) is 5.00. The zero-order chi connectivity index (χ0) is 9.52. The second kappa shape index (κ2) is 6.10. The van der Waals surface area contributed by atoms with Crippen LogP contribution in [-0.2, 0) is 4.74 Å². The van der Waals surface area contributed by atoms with E-state index in [1.54, 1.807) is 0 Å². The van der Waals surface area contributed by atoms with Gasteiger partial charge in [-0.3, -0.25) is 0 Å². The molecule has 0 aromatic carbocycles. The Hall–Kier alpha value is -0.420. The van der Waals surface area contributed by atoms with E-state index in [9.17, 15) is 4.79 Å². The first kappa shape index (κ1) is 10.7. The summed E-state index contributed by atoms with van der Waals surface area (Å²) >= 11 is 1.89. The van der Waals surface area contributed by atoms with Crippen molar-refractivity contribution < 1.29 is 14.6 Å². The molecule has 13 heavy (non-hydrogen) atoms. The molecular formula is C8H15NO3S. The highest BCUT2D eigenvalue weighted by Crippen LogP contribution is 2.25. The van der Waals surface area contributed by atoms with Crippen LogP contribution in [0.2, 0.25) is 0 Å². The quantitative estimate of drug-likeness (QED) is 0.705. The molecule has 1 heterocycles. The zero-order valence-electron chi connectivity index (χ0n) is 7.49. The van der Waals surface area contributed by atoms with Gasteiger partial charge in [0.2, 0.25) is 0 Å². The van der Waals surface area contributed by atoms with Gasteiger partial charge in [0.15, 0.2) is 0 Å². The lowest BCUT2D eigenvalue weighted by molar-refractivity contribution is 0.119. The number of hydrogen-bond donors (Lipinski definition) is 2. The minimum atomic E-state index is -0.429. The average molecular weight is 205 g/mol. The number of carbonyl (C=O) groups excluding carboxylic acids is 1. The summed E-state index contributed by atoms with van der Waals surface area (Å²) in [6.45, 7) is 0.629. The third kappa shape index (κ3) is 4.38. The van der Waals surface area contributed by atoms with Crippen molar-refractivity contribution in [1.29, 1.82) is 0 Å². The van der Waals surface area contributed by atoms with Crippen molar-refractivity contribution in [2.24, 2.45) is 0 Å². The number of alkyl carbamates (subject to hydrolysis) is 1. The highest BCUT2D eigenvalue weighted by Gasteiger charge is 2.16. The molecule has 0 aliphatic carbocycles. The van der Waals surface area contributed by atoms with Gasteiger partial charge in [0.05, 0.1) is 6.61 Å². The Morgan fingerprint density at radius 1 is 1.69 bits per heavy atom. The van der Waals surface area contributed by atoms with Gasteiger partial charge in [0.25, 0.3) is 0 Å². The third-order valence-electron chi connectivity index (χ3n) is 1.82. The number of rotatable bonds is 4. The van der Waals surface area contributed by atoms with Gasteiger partial charge in [-0.1, -0.05) is 0 Å². The summed E-state index contributed by atoms with van der Waals surface area (Å²) in [5.74, 6) is 1.19. The minimum absolute atomic E-state index is 0.0731. The smallest absolute Gasteiger partial charge is 0.407 e. The second-order valence-electron chi connectivity index (χ2n) is 2.88. The topological polar surface area (TPSA) is 58.6 Å².